The molecular weight excluding hydrogens is 634 g/mol. The number of halogens is 4. The number of nitrogens with zero attached hydrogens (tertiary/aromatic N) is 4. The van der Waals surface area contributed by atoms with Crippen molar-refractivity contribution in [2.45, 2.75) is 32.2 Å². The number of carbonyl (C=O) groups excluding carboxylic acids is 1. The van der Waals surface area contributed by atoms with Crippen molar-refractivity contribution in [2.75, 3.05) is 77.1 Å². The van der Waals surface area contributed by atoms with Crippen LogP contribution in [0.5, 0.6) is 5.75 Å². The maximum Gasteiger partial charge on any atom is 0.231 e. The number of benzene rings is 1. The number of anilines is 1. The lowest BCUT2D eigenvalue weighted by Crippen LogP contribution is -2.51. The number of ether oxygens (including phenoxy) is 2. The van der Waals surface area contributed by atoms with Gasteiger partial charge in [0.05, 0.1) is 37.6 Å². The molecule has 1 aromatic carbocycles. The van der Waals surface area contributed by atoms with Crippen LogP contribution >= 0.6 is 48.8 Å². The summed E-state index contributed by atoms with van der Waals surface area (Å²) in [6, 6.07) is 10.00. The number of rotatable bonds is 11. The molecule has 0 aliphatic carbocycles. The normalized spacial score (nSPS) is 16.3. The van der Waals surface area contributed by atoms with Crippen LogP contribution in [0.3, 0.4) is 0 Å². The van der Waals surface area contributed by atoms with Gasteiger partial charge in [0.15, 0.2) is 5.75 Å². The van der Waals surface area contributed by atoms with Crippen LogP contribution in [0.1, 0.15) is 31.7 Å². The summed E-state index contributed by atoms with van der Waals surface area (Å²) in [6.07, 6.45) is 4.69. The number of fused-ring (bicyclic) bond motifs is 1. The maximum atomic E-state index is 13.8. The summed E-state index contributed by atoms with van der Waals surface area (Å²) in [5, 5.41) is 5.18. The number of piperazine rings is 1. The van der Waals surface area contributed by atoms with Crippen molar-refractivity contribution in [2.24, 2.45) is 0 Å². The Bertz CT molecular complexity index is 1250. The molecule has 2 N–H and O–H groups in total. The van der Waals surface area contributed by atoms with Crippen molar-refractivity contribution in [3.63, 3.8) is 0 Å². The van der Waals surface area contributed by atoms with E-state index in [4.69, 9.17) is 21.1 Å². The van der Waals surface area contributed by atoms with E-state index >= 15 is 0 Å². The number of aromatic amines is 1. The number of H-pyrrole nitrogens is 1. The Balaban J connectivity index is 0.00000215. The molecule has 5 rings (SSSR count). The summed E-state index contributed by atoms with van der Waals surface area (Å²) in [5.74, 6) is 0.694. The zero-order valence-electron chi connectivity index (χ0n) is 24.8. The van der Waals surface area contributed by atoms with Crippen LogP contribution in [0.25, 0.3) is 11.0 Å². The van der Waals surface area contributed by atoms with Crippen molar-refractivity contribution < 1.29 is 14.3 Å². The van der Waals surface area contributed by atoms with E-state index in [1.54, 1.807) is 0 Å². The molecule has 13 heteroatoms. The van der Waals surface area contributed by atoms with Gasteiger partial charge in [-0.25, -0.2) is 4.98 Å². The highest BCUT2D eigenvalue weighted by molar-refractivity contribution is 6.30. The fourth-order valence-electron chi connectivity index (χ4n) is 5.47. The van der Waals surface area contributed by atoms with Gasteiger partial charge in [0.1, 0.15) is 5.65 Å². The number of nitrogens with one attached hydrogen (secondary N) is 2. The summed E-state index contributed by atoms with van der Waals surface area (Å²) in [6.45, 7) is 12.8. The average molecular weight is 679 g/mol. The lowest BCUT2D eigenvalue weighted by atomic mass is 9.96. The largest absolute Gasteiger partial charge is 0.490 e. The number of pyridine rings is 1. The molecule has 0 saturated carbocycles. The molecule has 2 aliphatic heterocycles. The molecule has 2 aromatic heterocycles. The second kappa shape index (κ2) is 18.1. The predicted octanol–water partition coefficient (Wildman–Crippen LogP) is 5.01. The summed E-state index contributed by atoms with van der Waals surface area (Å²) in [5.41, 5.74) is 2.89. The Hall–Kier alpha value is -1.98. The average Bonchev–Trinajstić information content (AvgIpc) is 3.45. The number of hydrogen-bond acceptors (Lipinski definition) is 7. The van der Waals surface area contributed by atoms with Crippen molar-refractivity contribution >= 4 is 71.5 Å². The Morgan fingerprint density at radius 2 is 1.74 bits per heavy atom. The maximum absolute atomic E-state index is 13.8. The van der Waals surface area contributed by atoms with Gasteiger partial charge < -0.3 is 29.6 Å². The Kier molecular flexibility index (Phi) is 15.7. The molecule has 9 nitrogen and oxygen atoms in total. The number of morpholine rings is 1. The molecule has 240 valence electrons. The topological polar surface area (TPSA) is 86.0 Å². The zero-order chi connectivity index (χ0) is 27.9. The molecule has 0 radical (unpaired) electrons. The van der Waals surface area contributed by atoms with Crippen LogP contribution in [-0.2, 0) is 9.53 Å². The molecule has 43 heavy (non-hydrogen) atoms. The van der Waals surface area contributed by atoms with Gasteiger partial charge in [0.25, 0.3) is 0 Å². The minimum atomic E-state index is -0.256. The van der Waals surface area contributed by atoms with Crippen LogP contribution in [0.4, 0.5) is 5.69 Å². The molecule has 0 spiro atoms. The predicted molar refractivity (Wildman–Crippen MR) is 181 cm³/mol. The SMILES string of the molecule is CC(C)NCC(C(=O)N1CCN(c2c(OCCCN3CCOCC3)cnc3[nH]ccc23)CC1)c1ccc(Cl)cc1.Cl.Cl.Cl. The third kappa shape index (κ3) is 9.75. The van der Waals surface area contributed by atoms with Gasteiger partial charge in [-0.05, 0) is 30.2 Å². The van der Waals surface area contributed by atoms with Crippen molar-refractivity contribution in [3.05, 3.63) is 53.3 Å². The van der Waals surface area contributed by atoms with E-state index in [1.165, 1.54) is 0 Å². The van der Waals surface area contributed by atoms with Gasteiger partial charge in [-0.3, -0.25) is 9.69 Å². The van der Waals surface area contributed by atoms with E-state index in [1.807, 2.05) is 41.6 Å². The van der Waals surface area contributed by atoms with Crippen molar-refractivity contribution in [1.82, 2.24) is 25.1 Å². The number of amides is 1. The third-order valence-electron chi connectivity index (χ3n) is 7.71. The summed E-state index contributed by atoms with van der Waals surface area (Å²) in [7, 11) is 0. The van der Waals surface area contributed by atoms with E-state index in [0.717, 1.165) is 80.4 Å². The smallest absolute Gasteiger partial charge is 0.231 e. The summed E-state index contributed by atoms with van der Waals surface area (Å²) in [4.78, 5) is 28.3. The molecule has 4 heterocycles. The van der Waals surface area contributed by atoms with Gasteiger partial charge in [-0.15, -0.1) is 37.2 Å². The fraction of sp³-hybridized carbons (Fsp3) is 0.533. The number of hydrogen-bond donors (Lipinski definition) is 2. The fourth-order valence-corrected chi connectivity index (χ4v) is 5.60. The van der Waals surface area contributed by atoms with E-state index in [2.05, 4.69) is 45.0 Å². The second-order valence-corrected chi connectivity index (χ2v) is 11.3. The molecule has 1 unspecified atom stereocenters. The van der Waals surface area contributed by atoms with Gasteiger partial charge in [0, 0.05) is 75.0 Å². The molecule has 3 aromatic rings. The highest BCUT2D eigenvalue weighted by atomic mass is 35.5. The molecule has 0 bridgehead atoms. The molecule has 2 saturated heterocycles. The highest BCUT2D eigenvalue weighted by Gasteiger charge is 2.30. The van der Waals surface area contributed by atoms with Gasteiger partial charge in [-0.1, -0.05) is 37.6 Å². The molecule has 2 fully saturated rings. The Morgan fingerprint density at radius 1 is 1.05 bits per heavy atom. The zero-order valence-corrected chi connectivity index (χ0v) is 28.0. The minimum Gasteiger partial charge on any atom is -0.490 e. The first-order valence-electron chi connectivity index (χ1n) is 14.4. The standard InChI is InChI=1S/C30H41ClN6O3.3ClH/c1-22(2)33-20-26(23-4-6-24(31)7-5-23)30(38)37-13-11-36(12-14-37)28-25-8-9-32-29(25)34-21-27(28)40-17-3-10-35-15-18-39-19-16-35;;;/h4-9,21-22,26,33H,3,10-20H2,1-2H3,(H,32,34);3*1H. The lowest BCUT2D eigenvalue weighted by Gasteiger charge is -2.38. The molecule has 1 amide bonds. The van der Waals surface area contributed by atoms with E-state index < -0.39 is 0 Å². The third-order valence-corrected chi connectivity index (χ3v) is 7.96. The molecule has 2 aliphatic rings. The minimum absolute atomic E-state index is 0. The number of aromatic nitrogens is 2. The summed E-state index contributed by atoms with van der Waals surface area (Å²) >= 11 is 6.13. The number of carbonyl (C=O) groups is 1. The first-order chi connectivity index (χ1) is 19.5. The molecule has 1 atom stereocenters. The first-order valence-corrected chi connectivity index (χ1v) is 14.8. The van der Waals surface area contributed by atoms with Crippen LogP contribution in [0.2, 0.25) is 5.02 Å². The van der Waals surface area contributed by atoms with Crippen LogP contribution < -0.4 is 15.0 Å². The van der Waals surface area contributed by atoms with Crippen molar-refractivity contribution in [1.29, 1.82) is 0 Å². The lowest BCUT2D eigenvalue weighted by molar-refractivity contribution is -0.133. The van der Waals surface area contributed by atoms with E-state index in [-0.39, 0.29) is 49.0 Å². The second-order valence-electron chi connectivity index (χ2n) is 10.8. The van der Waals surface area contributed by atoms with Gasteiger partial charge in [0.2, 0.25) is 5.91 Å². The molecular formula is C30H44Cl4N6O3. The van der Waals surface area contributed by atoms with Gasteiger partial charge in [-0.2, -0.15) is 0 Å². The van der Waals surface area contributed by atoms with Crippen LogP contribution in [0.15, 0.2) is 42.7 Å². The Labute approximate surface area is 278 Å². The quantitative estimate of drug-likeness (QED) is 0.276. The van der Waals surface area contributed by atoms with Crippen LogP contribution in [0, 0.1) is 0 Å². The van der Waals surface area contributed by atoms with Gasteiger partial charge >= 0.3 is 0 Å². The highest BCUT2D eigenvalue weighted by Crippen LogP contribution is 2.36. The van der Waals surface area contributed by atoms with E-state index in [0.29, 0.717) is 37.3 Å². The van der Waals surface area contributed by atoms with E-state index in [9.17, 15) is 4.79 Å². The first kappa shape index (κ1) is 37.2. The summed E-state index contributed by atoms with van der Waals surface area (Å²) < 4.78 is 11.8. The van der Waals surface area contributed by atoms with Crippen LogP contribution in [-0.4, -0.2) is 104 Å². The Morgan fingerprint density at radius 3 is 2.42 bits per heavy atom. The monoisotopic (exact) mass is 676 g/mol. The van der Waals surface area contributed by atoms with Crippen molar-refractivity contribution in [3.8, 4) is 5.75 Å².